The first kappa shape index (κ1) is 15.7. The second-order valence-corrected chi connectivity index (χ2v) is 5.12. The molecule has 2 aromatic rings. The number of para-hydroxylation sites is 2. The largest absolute Gasteiger partial charge is 0.493 e. The Balaban J connectivity index is 2.23. The number of benzene rings is 2. The molecule has 0 saturated heterocycles. The average Bonchev–Trinajstić information content (AvgIpc) is 2.50. The van der Waals surface area contributed by atoms with Crippen LogP contribution in [0.1, 0.15) is 18.9 Å². The van der Waals surface area contributed by atoms with Gasteiger partial charge in [0.25, 0.3) is 0 Å². The number of hydrogen-bond acceptors (Lipinski definition) is 3. The van der Waals surface area contributed by atoms with Gasteiger partial charge < -0.3 is 14.8 Å². The summed E-state index contributed by atoms with van der Waals surface area (Å²) in [5, 5.41) is 4.02. The van der Waals surface area contributed by atoms with Gasteiger partial charge in [-0.05, 0) is 37.2 Å². The molecule has 0 saturated carbocycles. The lowest BCUT2D eigenvalue weighted by Gasteiger charge is -2.14. The molecule has 4 heteroatoms. The topological polar surface area (TPSA) is 30.5 Å². The highest BCUT2D eigenvalue weighted by Crippen LogP contribution is 2.34. The zero-order chi connectivity index (χ0) is 15.1. The summed E-state index contributed by atoms with van der Waals surface area (Å²) in [6.07, 6.45) is 1.09. The molecular weight excluding hydrogens is 286 g/mol. The molecule has 0 amide bonds. The summed E-state index contributed by atoms with van der Waals surface area (Å²) >= 11 is 6.09. The third kappa shape index (κ3) is 4.38. The Kier molecular flexibility index (Phi) is 5.90. The molecule has 0 aliphatic carbocycles. The van der Waals surface area contributed by atoms with Crippen molar-refractivity contribution in [2.45, 2.75) is 19.9 Å². The van der Waals surface area contributed by atoms with E-state index in [-0.39, 0.29) is 0 Å². The van der Waals surface area contributed by atoms with Crippen LogP contribution in [0.15, 0.2) is 42.5 Å². The van der Waals surface area contributed by atoms with Crippen LogP contribution in [0.2, 0.25) is 5.02 Å². The highest BCUT2D eigenvalue weighted by molar-refractivity contribution is 6.30. The fourth-order valence-electron chi connectivity index (χ4n) is 1.99. The van der Waals surface area contributed by atoms with E-state index in [4.69, 9.17) is 21.1 Å². The van der Waals surface area contributed by atoms with Crippen molar-refractivity contribution in [3.8, 4) is 17.2 Å². The van der Waals surface area contributed by atoms with Crippen molar-refractivity contribution >= 4 is 11.6 Å². The van der Waals surface area contributed by atoms with Crippen LogP contribution in [-0.2, 0) is 6.54 Å². The molecule has 2 rings (SSSR count). The van der Waals surface area contributed by atoms with E-state index in [0.717, 1.165) is 30.8 Å². The third-order valence-electron chi connectivity index (χ3n) is 3.06. The standard InChI is InChI=1S/C17H20ClNO2/c1-3-10-19-12-13-8-9-14(18)11-17(13)21-16-7-5-4-6-15(16)20-2/h4-9,11,19H,3,10,12H2,1-2H3. The summed E-state index contributed by atoms with van der Waals surface area (Å²) in [6, 6.07) is 13.3. The minimum Gasteiger partial charge on any atom is -0.493 e. The molecule has 21 heavy (non-hydrogen) atoms. The fourth-order valence-corrected chi connectivity index (χ4v) is 2.15. The molecule has 0 unspecified atom stereocenters. The second kappa shape index (κ2) is 7.91. The van der Waals surface area contributed by atoms with Crippen molar-refractivity contribution in [3.05, 3.63) is 53.1 Å². The number of hydrogen-bond donors (Lipinski definition) is 1. The lowest BCUT2D eigenvalue weighted by molar-refractivity contribution is 0.377. The van der Waals surface area contributed by atoms with Gasteiger partial charge in [0, 0.05) is 17.1 Å². The van der Waals surface area contributed by atoms with Crippen molar-refractivity contribution in [1.82, 2.24) is 5.32 Å². The smallest absolute Gasteiger partial charge is 0.169 e. The maximum Gasteiger partial charge on any atom is 0.169 e. The molecule has 1 N–H and O–H groups in total. The van der Waals surface area contributed by atoms with Crippen molar-refractivity contribution in [2.75, 3.05) is 13.7 Å². The quantitative estimate of drug-likeness (QED) is 0.756. The number of nitrogens with one attached hydrogen (secondary N) is 1. The minimum absolute atomic E-state index is 0.652. The number of ether oxygens (including phenoxy) is 2. The van der Waals surface area contributed by atoms with Crippen molar-refractivity contribution in [2.24, 2.45) is 0 Å². The van der Waals surface area contributed by atoms with Gasteiger partial charge in [-0.15, -0.1) is 0 Å². The summed E-state index contributed by atoms with van der Waals surface area (Å²) in [7, 11) is 1.63. The highest BCUT2D eigenvalue weighted by Gasteiger charge is 2.09. The Bertz CT molecular complexity index is 587. The lowest BCUT2D eigenvalue weighted by Crippen LogP contribution is -2.14. The first-order chi connectivity index (χ1) is 10.2. The van der Waals surface area contributed by atoms with Gasteiger partial charge >= 0.3 is 0 Å². The number of rotatable bonds is 7. The molecule has 3 nitrogen and oxygen atoms in total. The molecule has 2 aromatic carbocycles. The van der Waals surface area contributed by atoms with Crippen LogP contribution in [0.25, 0.3) is 0 Å². The Morgan fingerprint density at radius 3 is 2.52 bits per heavy atom. The molecule has 0 radical (unpaired) electrons. The maximum absolute atomic E-state index is 6.09. The molecule has 0 aromatic heterocycles. The molecule has 0 fully saturated rings. The zero-order valence-electron chi connectivity index (χ0n) is 12.4. The first-order valence-electron chi connectivity index (χ1n) is 7.04. The van der Waals surface area contributed by atoms with Gasteiger partial charge in [-0.2, -0.15) is 0 Å². The predicted molar refractivity (Wildman–Crippen MR) is 86.5 cm³/mol. The van der Waals surface area contributed by atoms with E-state index < -0.39 is 0 Å². The maximum atomic E-state index is 6.09. The lowest BCUT2D eigenvalue weighted by atomic mass is 10.2. The van der Waals surface area contributed by atoms with Gasteiger partial charge in [0.05, 0.1) is 7.11 Å². The van der Waals surface area contributed by atoms with Gasteiger partial charge in [-0.1, -0.05) is 36.7 Å². The number of halogens is 1. The molecule has 0 heterocycles. The highest BCUT2D eigenvalue weighted by atomic mass is 35.5. The molecule has 112 valence electrons. The molecule has 0 spiro atoms. The minimum atomic E-state index is 0.652. The van der Waals surface area contributed by atoms with Crippen molar-refractivity contribution < 1.29 is 9.47 Å². The molecular formula is C17H20ClNO2. The summed E-state index contributed by atoms with van der Waals surface area (Å²) in [5.41, 5.74) is 1.07. The van der Waals surface area contributed by atoms with Crippen molar-refractivity contribution in [3.63, 3.8) is 0 Å². The van der Waals surface area contributed by atoms with Gasteiger partial charge in [0.15, 0.2) is 11.5 Å². The molecule has 0 aliphatic heterocycles. The summed E-state index contributed by atoms with van der Waals surface area (Å²) in [4.78, 5) is 0. The Hall–Kier alpha value is -1.71. The van der Waals surface area contributed by atoms with E-state index in [0.29, 0.717) is 16.5 Å². The molecule has 0 bridgehead atoms. The van der Waals surface area contributed by atoms with Gasteiger partial charge in [-0.25, -0.2) is 0 Å². The fraction of sp³-hybridized carbons (Fsp3) is 0.294. The SMILES string of the molecule is CCCNCc1ccc(Cl)cc1Oc1ccccc1OC. The Labute approximate surface area is 130 Å². The zero-order valence-corrected chi connectivity index (χ0v) is 13.1. The first-order valence-corrected chi connectivity index (χ1v) is 7.42. The van der Waals surface area contributed by atoms with Crippen molar-refractivity contribution in [1.29, 1.82) is 0 Å². The molecule has 0 atom stereocenters. The Morgan fingerprint density at radius 2 is 1.81 bits per heavy atom. The third-order valence-corrected chi connectivity index (χ3v) is 3.30. The van der Waals surface area contributed by atoms with Crippen LogP contribution < -0.4 is 14.8 Å². The van der Waals surface area contributed by atoms with E-state index in [2.05, 4.69) is 12.2 Å². The molecule has 0 aliphatic rings. The van der Waals surface area contributed by atoms with E-state index in [1.807, 2.05) is 42.5 Å². The van der Waals surface area contributed by atoms with Gasteiger partial charge in [0.1, 0.15) is 5.75 Å². The van der Waals surface area contributed by atoms with Crippen LogP contribution in [0.3, 0.4) is 0 Å². The van der Waals surface area contributed by atoms with Crippen LogP contribution in [0.5, 0.6) is 17.2 Å². The summed E-state index contributed by atoms with van der Waals surface area (Å²) < 4.78 is 11.3. The normalized spacial score (nSPS) is 10.4. The van der Waals surface area contributed by atoms with Crippen LogP contribution in [0.4, 0.5) is 0 Å². The Morgan fingerprint density at radius 1 is 1.05 bits per heavy atom. The van der Waals surface area contributed by atoms with Crippen LogP contribution >= 0.6 is 11.6 Å². The van der Waals surface area contributed by atoms with E-state index in [1.54, 1.807) is 7.11 Å². The van der Waals surface area contributed by atoms with E-state index in [1.165, 1.54) is 0 Å². The van der Waals surface area contributed by atoms with Crippen LogP contribution in [0, 0.1) is 0 Å². The second-order valence-electron chi connectivity index (χ2n) is 4.68. The summed E-state index contributed by atoms with van der Waals surface area (Å²) in [6.45, 7) is 3.85. The number of methoxy groups -OCH3 is 1. The van der Waals surface area contributed by atoms with Gasteiger partial charge in [0.2, 0.25) is 0 Å². The summed E-state index contributed by atoms with van der Waals surface area (Å²) in [5.74, 6) is 2.12. The van der Waals surface area contributed by atoms with Gasteiger partial charge in [-0.3, -0.25) is 0 Å². The van der Waals surface area contributed by atoms with Crippen LogP contribution in [-0.4, -0.2) is 13.7 Å². The monoisotopic (exact) mass is 305 g/mol. The average molecular weight is 306 g/mol. The van der Waals surface area contributed by atoms with E-state index in [9.17, 15) is 0 Å². The van der Waals surface area contributed by atoms with E-state index >= 15 is 0 Å². The predicted octanol–water partition coefficient (Wildman–Crippen LogP) is 4.64.